The normalized spacial score (nSPS) is 13.1. The molecule has 0 saturated heterocycles. The van der Waals surface area contributed by atoms with Crippen LogP contribution in [0.15, 0.2) is 143 Å². The number of aliphatic imine (C=N–C) groups is 2. The highest BCUT2D eigenvalue weighted by atomic mass is 14.9. The van der Waals surface area contributed by atoms with Crippen LogP contribution in [0.4, 0.5) is 0 Å². The summed E-state index contributed by atoms with van der Waals surface area (Å²) < 4.78 is 0. The van der Waals surface area contributed by atoms with Crippen LogP contribution in [0.5, 0.6) is 0 Å². The average molecular weight is 499 g/mol. The third-order valence-electron chi connectivity index (χ3n) is 6.44. The second-order valence-corrected chi connectivity index (χ2v) is 9.44. The molecule has 0 aliphatic carbocycles. The highest BCUT2D eigenvalue weighted by molar-refractivity contribution is 6.12. The van der Waals surface area contributed by atoms with Gasteiger partial charge in [0.1, 0.15) is 0 Å². The highest BCUT2D eigenvalue weighted by Gasteiger charge is 2.11. The third-order valence-corrected chi connectivity index (χ3v) is 6.44. The number of allylic oxidation sites excluding steroid dienone is 8. The minimum absolute atomic E-state index is 0.642. The van der Waals surface area contributed by atoms with Gasteiger partial charge in [-0.3, -0.25) is 0 Å². The van der Waals surface area contributed by atoms with Crippen molar-refractivity contribution in [3.05, 3.63) is 155 Å². The Morgan fingerprint density at radius 2 is 1.24 bits per heavy atom. The van der Waals surface area contributed by atoms with Gasteiger partial charge < -0.3 is 0 Å². The van der Waals surface area contributed by atoms with Crippen LogP contribution in [0.1, 0.15) is 63.8 Å². The van der Waals surface area contributed by atoms with Crippen molar-refractivity contribution in [3.63, 3.8) is 0 Å². The van der Waals surface area contributed by atoms with Crippen LogP contribution in [0, 0.1) is 0 Å². The maximum atomic E-state index is 5.00. The summed E-state index contributed by atoms with van der Waals surface area (Å²) in [6, 6.07) is 28.7. The van der Waals surface area contributed by atoms with Crippen molar-refractivity contribution in [2.45, 2.75) is 41.5 Å². The summed E-state index contributed by atoms with van der Waals surface area (Å²) in [4.78, 5) is 9.93. The molecule has 0 spiro atoms. The minimum atomic E-state index is 0.642. The summed E-state index contributed by atoms with van der Waals surface area (Å²) in [7, 11) is 0. The number of nitrogens with zero attached hydrogens (tertiary/aromatic N) is 2. The SMILES string of the molecule is C=C(/N=C(\N=C(/C)c1ccccc1)c1cccc(/C(C)=C(/C)C(/C=C\C=C/C)=C(C)C)c1)c1ccccc1. The van der Waals surface area contributed by atoms with E-state index in [1.165, 1.54) is 22.3 Å². The van der Waals surface area contributed by atoms with E-state index in [9.17, 15) is 0 Å². The molecule has 192 valence electrons. The molecule has 3 rings (SSSR count). The van der Waals surface area contributed by atoms with E-state index in [4.69, 9.17) is 9.98 Å². The summed E-state index contributed by atoms with van der Waals surface area (Å²) in [5.74, 6) is 0.642. The molecular formula is C36H38N2. The Labute approximate surface area is 228 Å². The van der Waals surface area contributed by atoms with Crippen LogP contribution in [0.3, 0.4) is 0 Å². The van der Waals surface area contributed by atoms with Gasteiger partial charge in [-0.05, 0) is 81.0 Å². The summed E-state index contributed by atoms with van der Waals surface area (Å²) in [5.41, 5.74) is 10.7. The van der Waals surface area contributed by atoms with Crippen molar-refractivity contribution >= 4 is 22.8 Å². The molecular weight excluding hydrogens is 460 g/mol. The van der Waals surface area contributed by atoms with Crippen LogP contribution >= 0.6 is 0 Å². The highest BCUT2D eigenvalue weighted by Crippen LogP contribution is 2.27. The first-order chi connectivity index (χ1) is 18.3. The lowest BCUT2D eigenvalue weighted by molar-refractivity contribution is 1.27. The van der Waals surface area contributed by atoms with E-state index in [0.717, 1.165) is 28.0 Å². The van der Waals surface area contributed by atoms with E-state index in [1.54, 1.807) is 0 Å². The van der Waals surface area contributed by atoms with Gasteiger partial charge in [-0.15, -0.1) is 0 Å². The number of amidine groups is 1. The van der Waals surface area contributed by atoms with Crippen molar-refractivity contribution < 1.29 is 0 Å². The van der Waals surface area contributed by atoms with Gasteiger partial charge in [-0.1, -0.05) is 115 Å². The molecule has 0 bridgehead atoms. The molecule has 0 aromatic heterocycles. The standard InChI is InChI=1S/C36H38N2/c1-8-9-12-24-35(26(2)3)28(5)27(4)33-22-17-23-34(25-33)36(37-29(6)31-18-13-10-14-19-31)38-30(7)32-20-15-11-16-21-32/h8-25H,6H2,1-5,7H3/b9-8-,24-12-,28-27-,37-36-,38-30+. The predicted molar refractivity (Wildman–Crippen MR) is 168 cm³/mol. The summed E-state index contributed by atoms with van der Waals surface area (Å²) >= 11 is 0. The van der Waals surface area contributed by atoms with Gasteiger partial charge >= 0.3 is 0 Å². The zero-order chi connectivity index (χ0) is 27.5. The fourth-order valence-electron chi connectivity index (χ4n) is 4.12. The molecule has 0 atom stereocenters. The maximum Gasteiger partial charge on any atom is 0.160 e. The van der Waals surface area contributed by atoms with E-state index in [-0.39, 0.29) is 0 Å². The van der Waals surface area contributed by atoms with Crippen LogP contribution in [0.25, 0.3) is 11.3 Å². The predicted octanol–water partition coefficient (Wildman–Crippen LogP) is 9.88. The van der Waals surface area contributed by atoms with Gasteiger partial charge in [-0.2, -0.15) is 0 Å². The van der Waals surface area contributed by atoms with E-state index < -0.39 is 0 Å². The summed E-state index contributed by atoms with van der Waals surface area (Å²) in [5, 5.41) is 0. The lowest BCUT2D eigenvalue weighted by Crippen LogP contribution is -2.05. The fraction of sp³-hybridized carbons (Fsp3) is 0.167. The second kappa shape index (κ2) is 13.9. The Balaban J connectivity index is 2.12. The molecule has 0 unspecified atom stereocenters. The quantitative estimate of drug-likeness (QED) is 0.168. The molecule has 38 heavy (non-hydrogen) atoms. The lowest BCUT2D eigenvalue weighted by Gasteiger charge is -2.13. The topological polar surface area (TPSA) is 24.7 Å². The Bertz CT molecular complexity index is 1440. The van der Waals surface area contributed by atoms with E-state index in [0.29, 0.717) is 11.5 Å². The van der Waals surface area contributed by atoms with Gasteiger partial charge in [0.15, 0.2) is 5.84 Å². The lowest BCUT2D eigenvalue weighted by atomic mass is 9.93. The smallest absolute Gasteiger partial charge is 0.160 e. The van der Waals surface area contributed by atoms with Crippen molar-refractivity contribution in [1.82, 2.24) is 0 Å². The molecule has 2 heteroatoms. The van der Waals surface area contributed by atoms with Crippen LogP contribution in [-0.4, -0.2) is 11.5 Å². The monoisotopic (exact) mass is 498 g/mol. The van der Waals surface area contributed by atoms with Crippen LogP contribution < -0.4 is 0 Å². The molecule has 0 radical (unpaired) electrons. The van der Waals surface area contributed by atoms with Gasteiger partial charge in [0.25, 0.3) is 0 Å². The van der Waals surface area contributed by atoms with E-state index in [1.807, 2.05) is 68.5 Å². The summed E-state index contributed by atoms with van der Waals surface area (Å²) in [6.45, 7) is 17.0. The Morgan fingerprint density at radius 1 is 0.658 bits per heavy atom. The van der Waals surface area contributed by atoms with E-state index in [2.05, 4.69) is 88.9 Å². The first kappa shape index (κ1) is 28.3. The molecule has 0 N–H and O–H groups in total. The molecule has 0 aliphatic rings. The number of hydrogen-bond donors (Lipinski definition) is 0. The fourth-order valence-corrected chi connectivity index (χ4v) is 4.12. The molecule has 0 saturated carbocycles. The van der Waals surface area contributed by atoms with Crippen molar-refractivity contribution in [1.29, 1.82) is 0 Å². The molecule has 0 fully saturated rings. The molecule has 3 aromatic rings. The zero-order valence-corrected chi connectivity index (χ0v) is 23.5. The zero-order valence-electron chi connectivity index (χ0n) is 23.5. The third kappa shape index (κ3) is 7.60. The largest absolute Gasteiger partial charge is 0.233 e. The van der Waals surface area contributed by atoms with Crippen molar-refractivity contribution in [2.75, 3.05) is 0 Å². The van der Waals surface area contributed by atoms with Gasteiger partial charge in [0.2, 0.25) is 0 Å². The average Bonchev–Trinajstić information content (AvgIpc) is 2.95. The van der Waals surface area contributed by atoms with Gasteiger partial charge in [-0.25, -0.2) is 9.98 Å². The minimum Gasteiger partial charge on any atom is -0.233 e. The van der Waals surface area contributed by atoms with Gasteiger partial charge in [0.05, 0.1) is 5.70 Å². The van der Waals surface area contributed by atoms with Crippen LogP contribution in [0.2, 0.25) is 0 Å². The van der Waals surface area contributed by atoms with Crippen molar-refractivity contribution in [3.8, 4) is 0 Å². The van der Waals surface area contributed by atoms with E-state index >= 15 is 0 Å². The summed E-state index contributed by atoms with van der Waals surface area (Å²) in [6.07, 6.45) is 8.37. The Hall–Kier alpha value is -4.30. The number of benzene rings is 3. The Kier molecular flexibility index (Phi) is 10.3. The number of rotatable bonds is 8. The van der Waals surface area contributed by atoms with Crippen LogP contribution in [-0.2, 0) is 0 Å². The number of hydrogen-bond acceptors (Lipinski definition) is 1. The maximum absolute atomic E-state index is 5.00. The van der Waals surface area contributed by atoms with Crippen molar-refractivity contribution in [2.24, 2.45) is 9.98 Å². The Morgan fingerprint density at radius 3 is 1.84 bits per heavy atom. The molecule has 0 heterocycles. The molecule has 0 amide bonds. The molecule has 2 nitrogen and oxygen atoms in total. The molecule has 0 aliphatic heterocycles. The molecule has 3 aromatic carbocycles. The first-order valence-corrected chi connectivity index (χ1v) is 13.0. The van der Waals surface area contributed by atoms with Gasteiger partial charge in [0, 0.05) is 11.3 Å². The first-order valence-electron chi connectivity index (χ1n) is 13.0. The second-order valence-electron chi connectivity index (χ2n) is 9.44.